The summed E-state index contributed by atoms with van der Waals surface area (Å²) < 4.78 is 2.26. The zero-order valence-corrected chi connectivity index (χ0v) is 16.7. The Morgan fingerprint density at radius 2 is 1.85 bits per heavy atom. The van der Waals surface area contributed by atoms with Crippen LogP contribution in [0.5, 0.6) is 0 Å². The molecular formula is C20H28N4O3. The monoisotopic (exact) mass is 372 g/mol. The molecule has 7 heteroatoms. The molecule has 2 aromatic rings. The second-order valence-electron chi connectivity index (χ2n) is 7.43. The molecule has 2 rings (SSSR count). The first-order valence-electron chi connectivity index (χ1n) is 8.99. The molecule has 0 atom stereocenters. The van der Waals surface area contributed by atoms with E-state index < -0.39 is 11.2 Å². The van der Waals surface area contributed by atoms with Crippen molar-refractivity contribution in [2.45, 2.75) is 33.9 Å². The Bertz CT molecular complexity index is 957. The maximum atomic E-state index is 12.8. The van der Waals surface area contributed by atoms with Gasteiger partial charge in [0, 0.05) is 20.1 Å². The maximum absolute atomic E-state index is 12.8. The number of aryl methyl sites for hydroxylation is 1. The highest BCUT2D eigenvalue weighted by molar-refractivity contribution is 6.01. The Kier molecular flexibility index (Phi) is 6.38. The van der Waals surface area contributed by atoms with Gasteiger partial charge in [-0.2, -0.15) is 0 Å². The molecule has 146 valence electrons. The number of Topliss-reactive ketones (excluding diaryl/α,β-unsaturated/α-hetero) is 1. The van der Waals surface area contributed by atoms with Gasteiger partial charge in [0.1, 0.15) is 11.4 Å². The lowest BCUT2D eigenvalue weighted by atomic mass is 10.1. The van der Waals surface area contributed by atoms with Crippen molar-refractivity contribution in [3.63, 3.8) is 0 Å². The standard InChI is InChI=1S/C20H28N4O3/c1-13(2)10-24-18(21)17(19(26)23(5)20(24)27)16(25)12-22(4)11-15-9-7-6-8-14(15)3/h6-9,13H,10-12,21H2,1-5H3. The van der Waals surface area contributed by atoms with Crippen molar-refractivity contribution in [3.05, 3.63) is 61.8 Å². The number of nitrogens with zero attached hydrogens (tertiary/aromatic N) is 3. The predicted molar refractivity (Wildman–Crippen MR) is 107 cm³/mol. The minimum absolute atomic E-state index is 0.0354. The molecule has 0 radical (unpaired) electrons. The molecule has 0 bridgehead atoms. The highest BCUT2D eigenvalue weighted by Gasteiger charge is 2.22. The zero-order valence-electron chi connectivity index (χ0n) is 16.7. The van der Waals surface area contributed by atoms with Crippen LogP contribution in [0, 0.1) is 12.8 Å². The lowest BCUT2D eigenvalue weighted by Crippen LogP contribution is -2.44. The quantitative estimate of drug-likeness (QED) is 0.742. The first-order chi connectivity index (χ1) is 12.6. The summed E-state index contributed by atoms with van der Waals surface area (Å²) in [6.07, 6.45) is 0. The van der Waals surface area contributed by atoms with Crippen molar-refractivity contribution in [2.75, 3.05) is 19.3 Å². The Morgan fingerprint density at radius 3 is 2.44 bits per heavy atom. The molecule has 1 aromatic carbocycles. The summed E-state index contributed by atoms with van der Waals surface area (Å²) in [6, 6.07) is 7.94. The van der Waals surface area contributed by atoms with Crippen LogP contribution in [-0.2, 0) is 20.1 Å². The van der Waals surface area contributed by atoms with E-state index in [1.54, 1.807) is 0 Å². The largest absolute Gasteiger partial charge is 0.384 e. The van der Waals surface area contributed by atoms with E-state index in [1.165, 1.54) is 11.6 Å². The van der Waals surface area contributed by atoms with Crippen LogP contribution in [0.2, 0.25) is 0 Å². The van der Waals surface area contributed by atoms with Gasteiger partial charge in [0.05, 0.1) is 6.54 Å². The van der Waals surface area contributed by atoms with Crippen LogP contribution in [-0.4, -0.2) is 33.4 Å². The number of carbonyl (C=O) groups excluding carboxylic acids is 1. The summed E-state index contributed by atoms with van der Waals surface area (Å²) in [5, 5.41) is 0. The fraction of sp³-hybridized carbons (Fsp3) is 0.450. The summed E-state index contributed by atoms with van der Waals surface area (Å²) in [7, 11) is 3.18. The summed E-state index contributed by atoms with van der Waals surface area (Å²) in [4.78, 5) is 39.5. The van der Waals surface area contributed by atoms with Gasteiger partial charge in [0.2, 0.25) is 0 Å². The number of anilines is 1. The number of hydrogen-bond donors (Lipinski definition) is 1. The third-order valence-electron chi connectivity index (χ3n) is 4.52. The first kappa shape index (κ1) is 20.6. The number of benzene rings is 1. The van der Waals surface area contributed by atoms with Crippen LogP contribution in [0.4, 0.5) is 5.82 Å². The molecule has 0 saturated heterocycles. The van der Waals surface area contributed by atoms with Crippen LogP contribution in [0.3, 0.4) is 0 Å². The second kappa shape index (κ2) is 8.35. The molecule has 1 heterocycles. The lowest BCUT2D eigenvalue weighted by Gasteiger charge is -2.19. The molecule has 0 saturated carbocycles. The van der Waals surface area contributed by atoms with Gasteiger partial charge in [-0.05, 0) is 31.0 Å². The molecule has 0 amide bonds. The smallest absolute Gasteiger partial charge is 0.332 e. The van der Waals surface area contributed by atoms with Gasteiger partial charge in [-0.25, -0.2) is 4.79 Å². The van der Waals surface area contributed by atoms with Gasteiger partial charge in [-0.15, -0.1) is 0 Å². The van der Waals surface area contributed by atoms with Crippen molar-refractivity contribution in [3.8, 4) is 0 Å². The van der Waals surface area contributed by atoms with E-state index in [1.807, 2.05) is 57.0 Å². The van der Waals surface area contributed by atoms with E-state index in [9.17, 15) is 14.4 Å². The molecule has 0 aliphatic heterocycles. The molecule has 0 aliphatic rings. The van der Waals surface area contributed by atoms with Crippen LogP contribution in [0.1, 0.15) is 35.3 Å². The van der Waals surface area contributed by atoms with E-state index >= 15 is 0 Å². The number of nitrogen functional groups attached to an aromatic ring is 1. The number of aromatic nitrogens is 2. The Hall–Kier alpha value is -2.67. The van der Waals surface area contributed by atoms with E-state index in [-0.39, 0.29) is 29.6 Å². The number of rotatable bonds is 7. The summed E-state index contributed by atoms with van der Waals surface area (Å²) in [5.74, 6) is -0.290. The Balaban J connectivity index is 2.33. The average molecular weight is 372 g/mol. The molecule has 0 spiro atoms. The van der Waals surface area contributed by atoms with Crippen LogP contribution in [0.15, 0.2) is 33.9 Å². The molecule has 0 fully saturated rings. The van der Waals surface area contributed by atoms with Crippen LogP contribution < -0.4 is 17.0 Å². The summed E-state index contributed by atoms with van der Waals surface area (Å²) in [5.41, 5.74) is 7.05. The van der Waals surface area contributed by atoms with Crippen molar-refractivity contribution in [2.24, 2.45) is 13.0 Å². The normalized spacial score (nSPS) is 11.4. The fourth-order valence-corrected chi connectivity index (χ4v) is 3.05. The molecule has 27 heavy (non-hydrogen) atoms. The number of carbonyl (C=O) groups is 1. The highest BCUT2D eigenvalue weighted by atomic mass is 16.2. The van der Waals surface area contributed by atoms with Crippen molar-refractivity contribution in [1.29, 1.82) is 0 Å². The van der Waals surface area contributed by atoms with Crippen LogP contribution >= 0.6 is 0 Å². The first-order valence-corrected chi connectivity index (χ1v) is 8.99. The minimum atomic E-state index is -0.646. The van der Waals surface area contributed by atoms with E-state index in [2.05, 4.69) is 0 Å². The van der Waals surface area contributed by atoms with Crippen LogP contribution in [0.25, 0.3) is 0 Å². The van der Waals surface area contributed by atoms with Crippen molar-refractivity contribution < 1.29 is 4.79 Å². The van der Waals surface area contributed by atoms with E-state index in [4.69, 9.17) is 5.73 Å². The topological polar surface area (TPSA) is 90.3 Å². The lowest BCUT2D eigenvalue weighted by molar-refractivity contribution is 0.0940. The molecule has 0 aliphatic carbocycles. The van der Waals surface area contributed by atoms with Gasteiger partial charge in [0.25, 0.3) is 5.56 Å². The van der Waals surface area contributed by atoms with E-state index in [0.29, 0.717) is 13.1 Å². The second-order valence-corrected chi connectivity index (χ2v) is 7.43. The fourth-order valence-electron chi connectivity index (χ4n) is 3.05. The molecule has 7 nitrogen and oxygen atoms in total. The number of ketones is 1. The van der Waals surface area contributed by atoms with E-state index in [0.717, 1.165) is 15.7 Å². The Morgan fingerprint density at radius 1 is 1.22 bits per heavy atom. The number of likely N-dealkylation sites (N-methyl/N-ethyl adjacent to an activating group) is 1. The number of hydrogen-bond acceptors (Lipinski definition) is 5. The van der Waals surface area contributed by atoms with Crippen molar-refractivity contribution in [1.82, 2.24) is 14.0 Å². The van der Waals surface area contributed by atoms with Gasteiger partial charge >= 0.3 is 5.69 Å². The predicted octanol–water partition coefficient (Wildman–Crippen LogP) is 1.41. The van der Waals surface area contributed by atoms with Crippen molar-refractivity contribution >= 4 is 11.6 Å². The van der Waals surface area contributed by atoms with Gasteiger partial charge in [0.15, 0.2) is 5.78 Å². The molecule has 2 N–H and O–H groups in total. The average Bonchev–Trinajstić information content (AvgIpc) is 2.59. The number of nitrogens with two attached hydrogens (primary N) is 1. The Labute approximate surface area is 159 Å². The van der Waals surface area contributed by atoms with Gasteiger partial charge in [-0.3, -0.25) is 23.6 Å². The molecule has 0 unspecified atom stereocenters. The van der Waals surface area contributed by atoms with Gasteiger partial charge < -0.3 is 5.73 Å². The zero-order chi connectivity index (χ0) is 20.3. The highest BCUT2D eigenvalue weighted by Crippen LogP contribution is 2.12. The van der Waals surface area contributed by atoms with Gasteiger partial charge in [-0.1, -0.05) is 38.1 Å². The maximum Gasteiger partial charge on any atom is 0.332 e. The third-order valence-corrected chi connectivity index (χ3v) is 4.52. The molecular weight excluding hydrogens is 344 g/mol. The SMILES string of the molecule is Cc1ccccc1CN(C)CC(=O)c1c(N)n(CC(C)C)c(=O)n(C)c1=O. The molecule has 1 aromatic heterocycles. The summed E-state index contributed by atoms with van der Waals surface area (Å²) in [6.45, 7) is 6.85. The summed E-state index contributed by atoms with van der Waals surface area (Å²) >= 11 is 0. The third kappa shape index (κ3) is 4.54. The minimum Gasteiger partial charge on any atom is -0.384 e.